The van der Waals surface area contributed by atoms with Crippen LogP contribution in [-0.4, -0.2) is 10.5 Å². The number of anilines is 1. The number of carbonyl (C=O) groups excluding carboxylic acids is 1. The Morgan fingerprint density at radius 1 is 1.08 bits per heavy atom. The normalized spacial score (nSPS) is 15.0. The zero-order valence-corrected chi connectivity index (χ0v) is 16.0. The van der Waals surface area contributed by atoms with Crippen molar-refractivity contribution in [3.63, 3.8) is 0 Å². The lowest BCUT2D eigenvalue weighted by atomic mass is 10.2. The largest absolute Gasteiger partial charge is 0.320 e. The first-order valence-corrected chi connectivity index (χ1v) is 9.47. The Bertz CT molecular complexity index is 1030. The SMILES string of the molecule is Cc1cc(/C=C2\Sc3ccccc3NC2=O)c(C)n1-c1ccc(Cl)cc1. The summed E-state index contributed by atoms with van der Waals surface area (Å²) >= 11 is 7.51. The fourth-order valence-corrected chi connectivity index (χ4v) is 4.23. The van der Waals surface area contributed by atoms with Crippen LogP contribution >= 0.6 is 23.4 Å². The van der Waals surface area contributed by atoms with Crippen LogP contribution in [0.2, 0.25) is 5.02 Å². The van der Waals surface area contributed by atoms with E-state index in [1.807, 2.05) is 54.6 Å². The van der Waals surface area contributed by atoms with Crippen LogP contribution in [0.5, 0.6) is 0 Å². The van der Waals surface area contributed by atoms with Gasteiger partial charge in [-0.1, -0.05) is 35.5 Å². The second-order valence-corrected chi connectivity index (χ2v) is 7.72. The lowest BCUT2D eigenvalue weighted by Crippen LogP contribution is -2.17. The average Bonchev–Trinajstić information content (AvgIpc) is 2.90. The van der Waals surface area contributed by atoms with E-state index in [1.165, 1.54) is 11.8 Å². The van der Waals surface area contributed by atoms with E-state index >= 15 is 0 Å². The van der Waals surface area contributed by atoms with Gasteiger partial charge in [-0.15, -0.1) is 0 Å². The molecule has 0 spiro atoms. The van der Waals surface area contributed by atoms with Gasteiger partial charge in [0.25, 0.3) is 5.91 Å². The van der Waals surface area contributed by atoms with E-state index in [1.54, 1.807) is 0 Å². The topological polar surface area (TPSA) is 34.0 Å². The number of benzene rings is 2. The molecule has 0 bridgehead atoms. The number of aromatic nitrogens is 1. The van der Waals surface area contributed by atoms with E-state index in [0.717, 1.165) is 33.2 Å². The predicted octanol–water partition coefficient (Wildman–Crippen LogP) is 5.83. The molecule has 1 aliphatic heterocycles. The van der Waals surface area contributed by atoms with Gasteiger partial charge >= 0.3 is 0 Å². The Balaban J connectivity index is 1.73. The molecule has 0 saturated heterocycles. The third kappa shape index (κ3) is 3.06. The molecule has 2 aromatic carbocycles. The number of hydrogen-bond acceptors (Lipinski definition) is 2. The number of fused-ring (bicyclic) bond motifs is 1. The van der Waals surface area contributed by atoms with Crippen molar-refractivity contribution in [3.05, 3.63) is 81.5 Å². The van der Waals surface area contributed by atoms with Gasteiger partial charge in [-0.2, -0.15) is 0 Å². The first kappa shape index (κ1) is 17.0. The van der Waals surface area contributed by atoms with Crippen molar-refractivity contribution in [2.45, 2.75) is 18.7 Å². The number of hydrogen-bond donors (Lipinski definition) is 1. The highest BCUT2D eigenvalue weighted by Gasteiger charge is 2.21. The van der Waals surface area contributed by atoms with Gasteiger partial charge in [-0.05, 0) is 68.0 Å². The maximum Gasteiger partial charge on any atom is 0.262 e. The van der Waals surface area contributed by atoms with Crippen LogP contribution in [0.25, 0.3) is 11.8 Å². The summed E-state index contributed by atoms with van der Waals surface area (Å²) in [5.41, 5.74) is 5.16. The van der Waals surface area contributed by atoms with E-state index in [-0.39, 0.29) is 5.91 Å². The molecule has 0 radical (unpaired) electrons. The molecule has 26 heavy (non-hydrogen) atoms. The number of amides is 1. The fourth-order valence-electron chi connectivity index (χ4n) is 3.17. The summed E-state index contributed by atoms with van der Waals surface area (Å²) in [6, 6.07) is 17.7. The summed E-state index contributed by atoms with van der Waals surface area (Å²) in [7, 11) is 0. The fraction of sp³-hybridized carbons (Fsp3) is 0.0952. The van der Waals surface area contributed by atoms with Crippen molar-refractivity contribution in [2.75, 3.05) is 5.32 Å². The minimum atomic E-state index is -0.0648. The van der Waals surface area contributed by atoms with Crippen molar-refractivity contribution < 1.29 is 4.79 Å². The number of carbonyl (C=O) groups is 1. The zero-order chi connectivity index (χ0) is 18.3. The predicted molar refractivity (Wildman–Crippen MR) is 109 cm³/mol. The summed E-state index contributed by atoms with van der Waals surface area (Å²) in [5.74, 6) is -0.0648. The Kier molecular flexibility index (Phi) is 4.39. The van der Waals surface area contributed by atoms with Crippen LogP contribution in [-0.2, 0) is 4.79 Å². The molecule has 0 aliphatic carbocycles. The molecule has 1 aromatic heterocycles. The minimum absolute atomic E-state index is 0.0648. The summed E-state index contributed by atoms with van der Waals surface area (Å²) in [6.45, 7) is 4.13. The van der Waals surface area contributed by atoms with Gasteiger partial charge in [0, 0.05) is 27.0 Å². The summed E-state index contributed by atoms with van der Waals surface area (Å²) in [5, 5.41) is 3.67. The average molecular weight is 381 g/mol. The third-order valence-electron chi connectivity index (χ3n) is 4.42. The number of rotatable bonds is 2. The molecule has 0 atom stereocenters. The lowest BCUT2D eigenvalue weighted by Gasteiger charge is -2.18. The molecular formula is C21H17ClN2OS. The van der Waals surface area contributed by atoms with Crippen molar-refractivity contribution >= 4 is 41.0 Å². The quantitative estimate of drug-likeness (QED) is 0.567. The highest BCUT2D eigenvalue weighted by Crippen LogP contribution is 2.39. The standard InChI is InChI=1S/C21H17ClN2OS/c1-13-11-15(14(2)24(13)17-9-7-16(22)8-10-17)12-20-21(25)23-18-5-3-4-6-19(18)26-20/h3-12H,1-2H3,(H,23,25)/b20-12-. The molecule has 3 nitrogen and oxygen atoms in total. The number of halogens is 1. The minimum Gasteiger partial charge on any atom is -0.320 e. The monoisotopic (exact) mass is 380 g/mol. The van der Waals surface area contributed by atoms with E-state index in [2.05, 4.69) is 29.8 Å². The van der Waals surface area contributed by atoms with Gasteiger partial charge in [-0.3, -0.25) is 4.79 Å². The number of nitrogens with one attached hydrogen (secondary N) is 1. The molecule has 0 unspecified atom stereocenters. The van der Waals surface area contributed by atoms with Gasteiger partial charge in [0.2, 0.25) is 0 Å². The van der Waals surface area contributed by atoms with Crippen molar-refractivity contribution in [1.82, 2.24) is 4.57 Å². The number of aryl methyl sites for hydroxylation is 1. The number of nitrogens with zero attached hydrogens (tertiary/aromatic N) is 1. The second kappa shape index (κ2) is 6.71. The van der Waals surface area contributed by atoms with E-state index in [4.69, 9.17) is 11.6 Å². The number of para-hydroxylation sites is 1. The van der Waals surface area contributed by atoms with Crippen molar-refractivity contribution in [2.24, 2.45) is 0 Å². The second-order valence-electron chi connectivity index (χ2n) is 6.20. The van der Waals surface area contributed by atoms with E-state index in [9.17, 15) is 4.79 Å². The molecule has 130 valence electrons. The van der Waals surface area contributed by atoms with Crippen molar-refractivity contribution in [1.29, 1.82) is 0 Å². The smallest absolute Gasteiger partial charge is 0.262 e. The molecule has 2 heterocycles. The molecule has 4 rings (SSSR count). The maximum absolute atomic E-state index is 12.5. The van der Waals surface area contributed by atoms with Gasteiger partial charge in [-0.25, -0.2) is 0 Å². The van der Waals surface area contributed by atoms with Crippen LogP contribution in [0.4, 0.5) is 5.69 Å². The van der Waals surface area contributed by atoms with Gasteiger partial charge in [0.15, 0.2) is 0 Å². The summed E-state index contributed by atoms with van der Waals surface area (Å²) in [4.78, 5) is 14.2. The van der Waals surface area contributed by atoms with Crippen LogP contribution in [0.15, 0.2) is 64.4 Å². The molecule has 1 amide bonds. The van der Waals surface area contributed by atoms with Gasteiger partial charge in [0.1, 0.15) is 0 Å². The van der Waals surface area contributed by atoms with Crippen LogP contribution in [0.1, 0.15) is 17.0 Å². The van der Waals surface area contributed by atoms with E-state index < -0.39 is 0 Å². The summed E-state index contributed by atoms with van der Waals surface area (Å²) in [6.07, 6.45) is 1.96. The first-order valence-electron chi connectivity index (χ1n) is 8.28. The lowest BCUT2D eigenvalue weighted by molar-refractivity contribution is -0.112. The molecule has 0 saturated carbocycles. The van der Waals surface area contributed by atoms with Crippen molar-refractivity contribution in [3.8, 4) is 5.69 Å². The molecule has 3 aromatic rings. The first-order chi connectivity index (χ1) is 12.5. The zero-order valence-electron chi connectivity index (χ0n) is 14.4. The van der Waals surface area contributed by atoms with Gasteiger partial charge < -0.3 is 9.88 Å². The summed E-state index contributed by atoms with van der Waals surface area (Å²) < 4.78 is 2.17. The molecule has 0 fully saturated rings. The van der Waals surface area contributed by atoms with Gasteiger partial charge in [0.05, 0.1) is 10.6 Å². The molecule has 5 heteroatoms. The Morgan fingerprint density at radius 2 is 1.81 bits per heavy atom. The Hall–Kier alpha value is -2.43. The molecule has 1 aliphatic rings. The van der Waals surface area contributed by atoms with E-state index in [0.29, 0.717) is 9.93 Å². The molecular weight excluding hydrogens is 364 g/mol. The van der Waals surface area contributed by atoms with Crippen LogP contribution < -0.4 is 5.32 Å². The highest BCUT2D eigenvalue weighted by atomic mass is 35.5. The maximum atomic E-state index is 12.5. The number of thioether (sulfide) groups is 1. The molecule has 1 N–H and O–H groups in total. The van der Waals surface area contributed by atoms with Crippen LogP contribution in [0, 0.1) is 13.8 Å². The highest BCUT2D eigenvalue weighted by molar-refractivity contribution is 8.04. The Labute approximate surface area is 161 Å². The Morgan fingerprint density at radius 3 is 2.58 bits per heavy atom. The van der Waals surface area contributed by atoms with Crippen LogP contribution in [0.3, 0.4) is 0 Å². The third-order valence-corrected chi connectivity index (χ3v) is 5.77.